The molecule has 0 unspecified atom stereocenters. The van der Waals surface area contributed by atoms with E-state index in [1.165, 1.54) is 19.1 Å². The summed E-state index contributed by atoms with van der Waals surface area (Å²) < 4.78 is 43.7. The third kappa shape index (κ3) is 4.34. The molecular weight excluding hydrogens is 341 g/mol. The van der Waals surface area contributed by atoms with Crippen molar-refractivity contribution in [2.45, 2.75) is 26.4 Å². The number of anilines is 1. The number of hydrogen-bond acceptors (Lipinski definition) is 5. The van der Waals surface area contributed by atoms with E-state index in [1.807, 2.05) is 6.92 Å². The molecule has 0 saturated carbocycles. The van der Waals surface area contributed by atoms with Gasteiger partial charge in [0.1, 0.15) is 5.75 Å². The Morgan fingerprint density at radius 2 is 2.00 bits per heavy atom. The van der Waals surface area contributed by atoms with Crippen LogP contribution in [0.15, 0.2) is 18.2 Å². The van der Waals surface area contributed by atoms with Gasteiger partial charge < -0.3 is 4.74 Å². The number of aryl methyl sites for hydroxylation is 2. The Morgan fingerprint density at radius 3 is 2.52 bits per heavy atom. The van der Waals surface area contributed by atoms with Crippen LogP contribution in [0, 0.1) is 0 Å². The van der Waals surface area contributed by atoms with E-state index < -0.39 is 29.8 Å². The number of halogens is 3. The second kappa shape index (κ2) is 6.91. The summed E-state index contributed by atoms with van der Waals surface area (Å²) in [5, 5.41) is 5.70. The molecule has 1 aromatic heterocycles. The van der Waals surface area contributed by atoms with Crippen molar-refractivity contribution in [1.82, 2.24) is 14.8 Å². The summed E-state index contributed by atoms with van der Waals surface area (Å²) in [5.74, 6) is -2.77. The lowest BCUT2D eigenvalue weighted by atomic mass is 10.1. The highest BCUT2D eigenvalue weighted by Gasteiger charge is 2.37. The molecular formula is C15H15F3N4O3. The maximum Gasteiger partial charge on any atom is 0.451 e. The Bertz CT molecular complexity index is 815. The molecule has 0 aliphatic carbocycles. The molecule has 0 atom stereocenters. The Morgan fingerprint density at radius 1 is 1.32 bits per heavy atom. The molecule has 0 aliphatic rings. The fourth-order valence-electron chi connectivity index (χ4n) is 2.10. The number of nitrogens with zero attached hydrogens (tertiary/aromatic N) is 3. The molecule has 0 saturated heterocycles. The van der Waals surface area contributed by atoms with E-state index in [0.29, 0.717) is 16.7 Å². The van der Waals surface area contributed by atoms with Crippen LogP contribution in [-0.4, -0.2) is 26.6 Å². The third-order valence-corrected chi connectivity index (χ3v) is 3.21. The quantitative estimate of drug-likeness (QED) is 0.672. The predicted octanol–water partition coefficient (Wildman–Crippen LogP) is 2.57. The normalized spacial score (nSPS) is 11.3. The van der Waals surface area contributed by atoms with Gasteiger partial charge in [-0.2, -0.15) is 18.2 Å². The monoisotopic (exact) mass is 356 g/mol. The minimum absolute atomic E-state index is 0.0921. The number of carbonyl (C=O) groups excluding carboxylic acids is 2. The smallest absolute Gasteiger partial charge is 0.426 e. The van der Waals surface area contributed by atoms with Crippen LogP contribution in [0.25, 0.3) is 0 Å². The van der Waals surface area contributed by atoms with Gasteiger partial charge in [0.2, 0.25) is 11.8 Å². The van der Waals surface area contributed by atoms with E-state index >= 15 is 0 Å². The third-order valence-electron chi connectivity index (χ3n) is 3.21. The molecule has 0 bridgehead atoms. The van der Waals surface area contributed by atoms with Crippen molar-refractivity contribution in [2.24, 2.45) is 7.05 Å². The van der Waals surface area contributed by atoms with E-state index in [4.69, 9.17) is 4.74 Å². The maximum atomic E-state index is 12.7. The van der Waals surface area contributed by atoms with Crippen molar-refractivity contribution in [1.29, 1.82) is 0 Å². The SMILES string of the molecule is CCc1ccc(C(=O)Nc2nc(C(F)(F)F)n(C)n2)cc1OC(C)=O. The fourth-order valence-corrected chi connectivity index (χ4v) is 2.10. The summed E-state index contributed by atoms with van der Waals surface area (Å²) in [4.78, 5) is 26.6. The van der Waals surface area contributed by atoms with E-state index in [1.54, 1.807) is 6.07 Å². The van der Waals surface area contributed by atoms with Gasteiger partial charge >= 0.3 is 12.1 Å². The number of hydrogen-bond donors (Lipinski definition) is 1. The summed E-state index contributed by atoms with van der Waals surface area (Å²) >= 11 is 0. The summed E-state index contributed by atoms with van der Waals surface area (Å²) in [5.41, 5.74) is 0.802. The predicted molar refractivity (Wildman–Crippen MR) is 81.1 cm³/mol. The molecule has 2 rings (SSSR count). The number of carbonyl (C=O) groups is 2. The van der Waals surface area contributed by atoms with Crippen molar-refractivity contribution in [3.63, 3.8) is 0 Å². The van der Waals surface area contributed by atoms with Gasteiger partial charge in [-0.05, 0) is 24.1 Å². The lowest BCUT2D eigenvalue weighted by molar-refractivity contribution is -0.147. The average molecular weight is 356 g/mol. The maximum absolute atomic E-state index is 12.7. The van der Waals surface area contributed by atoms with Gasteiger partial charge in [-0.15, -0.1) is 5.10 Å². The van der Waals surface area contributed by atoms with Crippen molar-refractivity contribution < 1.29 is 27.5 Å². The first-order chi connectivity index (χ1) is 11.6. The van der Waals surface area contributed by atoms with Crippen LogP contribution < -0.4 is 10.1 Å². The topological polar surface area (TPSA) is 86.1 Å². The first kappa shape index (κ1) is 18.4. The van der Waals surface area contributed by atoms with Crippen LogP contribution in [0.5, 0.6) is 5.75 Å². The summed E-state index contributed by atoms with van der Waals surface area (Å²) in [7, 11) is 1.07. The van der Waals surface area contributed by atoms with Crippen molar-refractivity contribution in [3.8, 4) is 5.75 Å². The minimum atomic E-state index is -4.68. The average Bonchev–Trinajstić information content (AvgIpc) is 2.87. The number of rotatable bonds is 4. The number of amides is 1. The molecule has 1 N–H and O–H groups in total. The van der Waals surface area contributed by atoms with Crippen molar-refractivity contribution in [2.75, 3.05) is 5.32 Å². The standard InChI is InChI=1S/C15H15F3N4O3/c1-4-9-5-6-10(7-11(9)25-8(2)23)12(24)19-14-20-13(15(16,17)18)22(3)21-14/h5-7H,4H2,1-3H3,(H,19,21,24). The number of esters is 1. The zero-order valence-electron chi connectivity index (χ0n) is 13.6. The second-order valence-electron chi connectivity index (χ2n) is 5.10. The molecule has 0 fully saturated rings. The Labute approximate surface area is 140 Å². The number of benzene rings is 1. The molecule has 0 aliphatic heterocycles. The molecule has 7 nitrogen and oxygen atoms in total. The zero-order chi connectivity index (χ0) is 18.8. The van der Waals surface area contributed by atoms with Crippen LogP contribution in [-0.2, 0) is 24.4 Å². The molecule has 1 heterocycles. The van der Waals surface area contributed by atoms with Crippen LogP contribution in [0.1, 0.15) is 35.6 Å². The fraction of sp³-hybridized carbons (Fsp3) is 0.333. The first-order valence-electron chi connectivity index (χ1n) is 7.22. The summed E-state index contributed by atoms with van der Waals surface area (Å²) in [6, 6.07) is 4.40. The Kier molecular flexibility index (Phi) is 5.10. The van der Waals surface area contributed by atoms with Crippen molar-refractivity contribution >= 4 is 17.8 Å². The molecule has 134 valence electrons. The van der Waals surface area contributed by atoms with Crippen LogP contribution in [0.4, 0.5) is 19.1 Å². The van der Waals surface area contributed by atoms with Crippen molar-refractivity contribution in [3.05, 3.63) is 35.2 Å². The van der Waals surface area contributed by atoms with E-state index in [2.05, 4.69) is 15.4 Å². The molecule has 1 amide bonds. The molecule has 1 aromatic carbocycles. The molecule has 0 radical (unpaired) electrons. The number of aromatic nitrogens is 3. The van der Waals surface area contributed by atoms with E-state index in [0.717, 1.165) is 7.05 Å². The number of nitrogens with one attached hydrogen (secondary N) is 1. The molecule has 2 aromatic rings. The molecule has 25 heavy (non-hydrogen) atoms. The second-order valence-corrected chi connectivity index (χ2v) is 5.10. The highest BCUT2D eigenvalue weighted by molar-refractivity contribution is 6.03. The number of alkyl halides is 3. The van der Waals surface area contributed by atoms with Gasteiger partial charge in [0.05, 0.1) is 0 Å². The van der Waals surface area contributed by atoms with Gasteiger partial charge in [0.15, 0.2) is 0 Å². The van der Waals surface area contributed by atoms with Gasteiger partial charge in [-0.3, -0.25) is 14.9 Å². The minimum Gasteiger partial charge on any atom is -0.426 e. The highest BCUT2D eigenvalue weighted by Crippen LogP contribution is 2.28. The lowest BCUT2D eigenvalue weighted by Gasteiger charge is -2.09. The van der Waals surface area contributed by atoms with Crippen LogP contribution in [0.3, 0.4) is 0 Å². The number of ether oxygens (including phenoxy) is 1. The van der Waals surface area contributed by atoms with E-state index in [-0.39, 0.29) is 11.3 Å². The van der Waals surface area contributed by atoms with E-state index in [9.17, 15) is 22.8 Å². The largest absolute Gasteiger partial charge is 0.451 e. The van der Waals surface area contributed by atoms with Gasteiger partial charge in [0.25, 0.3) is 5.91 Å². The van der Waals surface area contributed by atoms with Crippen LogP contribution in [0.2, 0.25) is 0 Å². The van der Waals surface area contributed by atoms with Gasteiger partial charge in [-0.25, -0.2) is 4.68 Å². The van der Waals surface area contributed by atoms with Gasteiger partial charge in [-0.1, -0.05) is 13.0 Å². The zero-order valence-corrected chi connectivity index (χ0v) is 13.6. The highest BCUT2D eigenvalue weighted by atomic mass is 19.4. The summed E-state index contributed by atoms with van der Waals surface area (Å²) in [6.45, 7) is 3.07. The Hall–Kier alpha value is -2.91. The molecule has 0 spiro atoms. The van der Waals surface area contributed by atoms with Crippen LogP contribution >= 0.6 is 0 Å². The summed E-state index contributed by atoms with van der Waals surface area (Å²) in [6.07, 6.45) is -4.11. The molecule has 10 heteroatoms. The van der Waals surface area contributed by atoms with Gasteiger partial charge in [0, 0.05) is 19.5 Å². The first-order valence-corrected chi connectivity index (χ1v) is 7.22. The lowest BCUT2D eigenvalue weighted by Crippen LogP contribution is -2.14. The Balaban J connectivity index is 2.25.